The lowest BCUT2D eigenvalue weighted by atomic mass is 10.0. The summed E-state index contributed by atoms with van der Waals surface area (Å²) in [7, 11) is -10.8. The Morgan fingerprint density at radius 2 is 0.456 bits per heavy atom. The molecular weight excluding hydrogens is 1530 g/mol. The van der Waals surface area contributed by atoms with Crippen molar-refractivity contribution < 1.29 is 86.0 Å². The molecule has 0 unspecified atom stereocenters. The van der Waals surface area contributed by atoms with Gasteiger partial charge >= 0.3 is 0 Å². The van der Waals surface area contributed by atoms with Gasteiger partial charge in [0.05, 0.1) is 34.1 Å². The van der Waals surface area contributed by atoms with Gasteiger partial charge in [0.25, 0.3) is 43.9 Å². The molecule has 44 heteroatoms. The highest BCUT2D eigenvalue weighted by atomic mass is 32.2. The molecule has 6 aromatic carbocycles. The van der Waals surface area contributed by atoms with Crippen LogP contribution in [0.1, 0.15) is 92.8 Å². The fourth-order valence-electron chi connectivity index (χ4n) is 10.8. The molecule has 0 bridgehead atoms. The van der Waals surface area contributed by atoms with Gasteiger partial charge in [0.1, 0.15) is 9.79 Å². The van der Waals surface area contributed by atoms with Crippen LogP contribution in [-0.4, -0.2) is 239 Å². The summed E-state index contributed by atoms with van der Waals surface area (Å²) in [5, 5.41) is 137. The summed E-state index contributed by atoms with van der Waals surface area (Å²) in [6.45, 7) is -1.36. The molecule has 0 spiro atoms. The van der Waals surface area contributed by atoms with Crippen LogP contribution in [0.3, 0.4) is 0 Å². The molecule has 8 aromatic rings. The van der Waals surface area contributed by atoms with E-state index in [1.807, 2.05) is 0 Å². The van der Waals surface area contributed by atoms with Crippen LogP contribution in [0.4, 0.5) is 34.1 Å². The predicted octanol–water partition coefficient (Wildman–Crippen LogP) is 6.38. The molecule has 0 fully saturated rings. The van der Waals surface area contributed by atoms with Crippen molar-refractivity contribution in [3.8, 4) is 11.1 Å². The van der Waals surface area contributed by atoms with Gasteiger partial charge in [-0.05, 0) is 97.1 Å². The SMILES string of the molecule is N=C(O)CCN(CCC(=N)O)C(=O)c1cccc(N=c2[nH]c(=Nc3cccc(C(=O)N(CCC(=N)O)CCC(=N)O)c3)[nH]c(=Nc3ccc(-c4ccc(N=c5[nH]c(=Nc6cccc(C(=O)N(CCC(=N)O)CCC(=N)O)c6)[nH]c(=Nc6cccc(C(=O)N(CCC(=N)O)CCC(=N)O)c6)[nH]5)cc4S(=O)(=O)O)c(S(=O)(=O)O)c3)[nH]2)c1. The molecule has 598 valence electrons. The highest BCUT2D eigenvalue weighted by molar-refractivity contribution is 7.86. The van der Waals surface area contributed by atoms with Gasteiger partial charge < -0.3 is 60.5 Å². The van der Waals surface area contributed by atoms with Crippen molar-refractivity contribution in [2.24, 2.45) is 30.0 Å². The first-order valence-corrected chi connectivity index (χ1v) is 36.9. The van der Waals surface area contributed by atoms with Crippen LogP contribution in [0.2, 0.25) is 0 Å². The summed E-state index contributed by atoms with van der Waals surface area (Å²) in [6, 6.07) is 29.0. The van der Waals surface area contributed by atoms with Crippen molar-refractivity contribution in [2.45, 2.75) is 61.2 Å². The lowest BCUT2D eigenvalue weighted by Crippen LogP contribution is -2.36. The van der Waals surface area contributed by atoms with Crippen LogP contribution in [0.25, 0.3) is 11.1 Å². The van der Waals surface area contributed by atoms with Crippen molar-refractivity contribution >= 4 is 125 Å². The summed E-state index contributed by atoms with van der Waals surface area (Å²) in [6.07, 6.45) is -2.02. The number of aromatic nitrogens is 6. The molecule has 0 atom stereocenters. The molecule has 0 radical (unpaired) electrons. The maximum atomic E-state index is 13.9. The summed E-state index contributed by atoms with van der Waals surface area (Å²) in [4.78, 5) is 103. The normalized spacial score (nSPS) is 12.0. The molecule has 42 nitrogen and oxygen atoms in total. The van der Waals surface area contributed by atoms with Gasteiger partial charge in [-0.1, -0.05) is 36.4 Å². The molecule has 2 heterocycles. The van der Waals surface area contributed by atoms with E-state index in [4.69, 9.17) is 43.3 Å². The van der Waals surface area contributed by atoms with Crippen LogP contribution in [0, 0.1) is 43.3 Å². The van der Waals surface area contributed by atoms with E-state index in [9.17, 15) is 86.0 Å². The Bertz CT molecular complexity index is 5140. The second kappa shape index (κ2) is 38.8. The van der Waals surface area contributed by atoms with E-state index >= 15 is 0 Å². The van der Waals surface area contributed by atoms with E-state index in [1.54, 1.807) is 0 Å². The number of benzene rings is 6. The number of nitrogens with zero attached hydrogens (tertiary/aromatic N) is 10. The Labute approximate surface area is 645 Å². The van der Waals surface area contributed by atoms with E-state index < -0.39 is 112 Å². The minimum absolute atomic E-state index is 0.0304. The fraction of sp³-hybridized carbons (Fsp3) is 0.229. The molecule has 0 saturated heterocycles. The van der Waals surface area contributed by atoms with Crippen LogP contribution < -0.4 is 33.7 Å². The molecule has 24 N–H and O–H groups in total. The minimum atomic E-state index is -5.41. The van der Waals surface area contributed by atoms with Crippen molar-refractivity contribution in [3.05, 3.63) is 189 Å². The standard InChI is InChI=1S/C70H78N24O18S2/c71-53(95)17-25-91(26-18-54(72)96)61(103)39-5-1-9-43(33-39)79-65-85-66(80-44-10-2-6-40(34-44)62(104)92(27-19-55(73)97)28-20-56(74)98)88-69(87-65)83-47-13-15-49(51(37-47)113(107,108)109)50-16-14-48(38-52(50)114(110,111)112)84-70-89-67(81-45-11-3-7-41(35-45)63(105)93(29-21-57(75)99)30-22-58(76)100)86-68(90-70)82-46-12-4-8-42(36-46)64(106)94(31-23-59(77)101)32-24-60(78)102/h1-16,33-38H,17-32H2,(H2,71,95)(H2,72,96)(H2,73,97)(H2,74,98)(H2,75,99)(H2,76,100)(H2,77,101)(H2,78,102)(H,107,108,109)(H,110,111,112)(H3,79,80,83,85,87,88)(H3,81,82,84,86,89,90). The number of hydrogen-bond donors (Lipinski definition) is 24. The van der Waals surface area contributed by atoms with Gasteiger partial charge in [0, 0.05) is 137 Å². The summed E-state index contributed by atoms with van der Waals surface area (Å²) in [5.41, 5.74) is -2.48. The molecule has 114 heavy (non-hydrogen) atoms. The predicted molar refractivity (Wildman–Crippen MR) is 411 cm³/mol. The quantitative estimate of drug-likeness (QED) is 0.0114. The second-order valence-electron chi connectivity index (χ2n) is 24.8. The number of hydrogen-bond acceptors (Lipinski definition) is 22. The zero-order valence-electron chi connectivity index (χ0n) is 60.0. The number of carbonyl (C=O) groups is 4. The zero-order valence-corrected chi connectivity index (χ0v) is 61.7. The largest absolute Gasteiger partial charge is 0.497 e. The Balaban J connectivity index is 1.27. The van der Waals surface area contributed by atoms with E-state index in [0.717, 1.165) is 24.3 Å². The van der Waals surface area contributed by atoms with Gasteiger partial charge in [-0.3, -0.25) is 101 Å². The molecule has 0 saturated carbocycles. The second-order valence-corrected chi connectivity index (χ2v) is 27.5. The summed E-state index contributed by atoms with van der Waals surface area (Å²) < 4.78 is 76.1. The lowest BCUT2D eigenvalue weighted by molar-refractivity contribution is 0.0753. The van der Waals surface area contributed by atoms with Gasteiger partial charge in [-0.2, -0.15) is 16.8 Å². The first-order valence-electron chi connectivity index (χ1n) is 34.0. The Morgan fingerprint density at radius 1 is 0.281 bits per heavy atom. The Kier molecular flexibility index (Phi) is 29.0. The zero-order chi connectivity index (χ0) is 83.1. The monoisotopic (exact) mass is 1610 g/mol. The van der Waals surface area contributed by atoms with Crippen LogP contribution in [-0.2, 0) is 20.2 Å². The minimum Gasteiger partial charge on any atom is -0.497 e. The number of amides is 4. The maximum Gasteiger partial charge on any atom is 0.295 e. The van der Waals surface area contributed by atoms with Gasteiger partial charge in [-0.25, -0.2) is 30.0 Å². The van der Waals surface area contributed by atoms with E-state index in [2.05, 4.69) is 59.9 Å². The van der Waals surface area contributed by atoms with Crippen molar-refractivity contribution in [1.82, 2.24) is 49.5 Å². The number of nitrogens with one attached hydrogen (secondary N) is 14. The molecule has 0 aliphatic carbocycles. The third-order valence-electron chi connectivity index (χ3n) is 16.1. The first kappa shape index (κ1) is 85.2. The highest BCUT2D eigenvalue weighted by Crippen LogP contribution is 2.37. The molecule has 0 aliphatic heterocycles. The Morgan fingerprint density at radius 3 is 0.623 bits per heavy atom. The van der Waals surface area contributed by atoms with Crippen molar-refractivity contribution in [3.63, 3.8) is 0 Å². The molecular formula is C70H78N24O18S2. The third-order valence-corrected chi connectivity index (χ3v) is 17.9. The van der Waals surface area contributed by atoms with E-state index in [-0.39, 0.29) is 194 Å². The summed E-state index contributed by atoms with van der Waals surface area (Å²) in [5.74, 6) is -8.37. The third kappa shape index (κ3) is 25.9. The Hall–Kier alpha value is -14.4. The number of aliphatic hydroxyl groups is 8. The van der Waals surface area contributed by atoms with Gasteiger partial charge in [0.2, 0.25) is 33.7 Å². The molecule has 8 rings (SSSR count). The van der Waals surface area contributed by atoms with Gasteiger partial charge in [0.15, 0.2) is 47.2 Å². The molecule has 0 aliphatic rings. The summed E-state index contributed by atoms with van der Waals surface area (Å²) >= 11 is 0. The average molecular weight is 1610 g/mol. The number of carbonyl (C=O) groups excluding carboxylic acids is 4. The van der Waals surface area contributed by atoms with E-state index in [1.165, 1.54) is 129 Å². The van der Waals surface area contributed by atoms with Crippen molar-refractivity contribution in [1.29, 1.82) is 43.3 Å². The van der Waals surface area contributed by atoms with Gasteiger partial charge in [-0.15, -0.1) is 0 Å². The number of rotatable bonds is 37. The topological polar surface area (TPSA) is 712 Å². The molecule has 2 aromatic heterocycles. The number of H-pyrrole nitrogens is 6. The fourth-order valence-corrected chi connectivity index (χ4v) is 12.2. The van der Waals surface area contributed by atoms with Crippen LogP contribution >= 0.6 is 0 Å². The first-order chi connectivity index (χ1) is 53.9. The number of aromatic amines is 6. The van der Waals surface area contributed by atoms with E-state index in [0.29, 0.717) is 0 Å². The van der Waals surface area contributed by atoms with Crippen LogP contribution in [0.5, 0.6) is 0 Å². The average Bonchev–Trinajstić information content (AvgIpc) is 0.768. The lowest BCUT2D eigenvalue weighted by Gasteiger charge is -2.22. The maximum absolute atomic E-state index is 13.9. The van der Waals surface area contributed by atoms with Crippen molar-refractivity contribution in [2.75, 3.05) is 52.4 Å². The van der Waals surface area contributed by atoms with Crippen LogP contribution in [0.15, 0.2) is 173 Å². The molecule has 4 amide bonds. The smallest absolute Gasteiger partial charge is 0.295 e. The highest BCUT2D eigenvalue weighted by Gasteiger charge is 2.26. The number of aliphatic hydroxyl groups excluding tert-OH is 8.